The maximum atomic E-state index is 12.7. The van der Waals surface area contributed by atoms with Crippen LogP contribution in [0.3, 0.4) is 0 Å². The van der Waals surface area contributed by atoms with Crippen LogP contribution in [0.5, 0.6) is 5.75 Å². The lowest BCUT2D eigenvalue weighted by Gasteiger charge is -2.18. The molecular weight excluding hydrogens is 270 g/mol. The molecule has 0 aliphatic heterocycles. The Hall–Kier alpha value is -1.83. The van der Waals surface area contributed by atoms with Crippen molar-refractivity contribution < 1.29 is 31.8 Å². The number of carbonyl (C=O) groups excluding carboxylic acids is 1. The third-order valence-electron chi connectivity index (χ3n) is 2.18. The van der Waals surface area contributed by atoms with Crippen LogP contribution in [-0.4, -0.2) is 25.6 Å². The first-order chi connectivity index (χ1) is 8.77. The van der Waals surface area contributed by atoms with Crippen LogP contribution in [0.25, 0.3) is 0 Å². The van der Waals surface area contributed by atoms with Gasteiger partial charge in [-0.15, -0.1) is 0 Å². The molecule has 2 N–H and O–H groups in total. The van der Waals surface area contributed by atoms with Crippen LogP contribution < -0.4 is 10.5 Å². The third kappa shape index (κ3) is 3.82. The van der Waals surface area contributed by atoms with Crippen LogP contribution in [0.2, 0.25) is 0 Å². The molecule has 1 aromatic rings. The van der Waals surface area contributed by atoms with E-state index in [4.69, 9.17) is 5.73 Å². The van der Waals surface area contributed by atoms with Crippen LogP contribution in [0, 0.1) is 0 Å². The molecule has 19 heavy (non-hydrogen) atoms. The Morgan fingerprint density at radius 1 is 1.37 bits per heavy atom. The van der Waals surface area contributed by atoms with E-state index in [1.54, 1.807) is 0 Å². The lowest BCUT2D eigenvalue weighted by molar-refractivity contribution is -0.253. The quantitative estimate of drug-likeness (QED) is 0.663. The van der Waals surface area contributed by atoms with Gasteiger partial charge in [-0.1, -0.05) is 12.1 Å². The molecule has 1 atom stereocenters. The molecule has 0 spiro atoms. The number of ether oxygens (including phenoxy) is 2. The largest absolute Gasteiger partial charge is 0.468 e. The molecule has 8 heteroatoms. The number of esters is 1. The Balaban J connectivity index is 2.92. The second kappa shape index (κ2) is 5.87. The van der Waals surface area contributed by atoms with Gasteiger partial charge >= 0.3 is 18.5 Å². The lowest BCUT2D eigenvalue weighted by atomic mass is 10.1. The lowest BCUT2D eigenvalue weighted by Crippen LogP contribution is -2.33. The van der Waals surface area contributed by atoms with Gasteiger partial charge in [0.15, 0.2) is 0 Å². The molecule has 0 aliphatic carbocycles. The van der Waals surface area contributed by atoms with Crippen LogP contribution in [0.15, 0.2) is 24.3 Å². The number of nitrogens with two attached hydrogens (primary N) is 1. The molecule has 0 aliphatic rings. The number of halogens is 4. The molecule has 0 unspecified atom stereocenters. The van der Waals surface area contributed by atoms with Gasteiger partial charge in [-0.3, -0.25) is 4.79 Å². The summed E-state index contributed by atoms with van der Waals surface area (Å²) in [5.74, 6) is -1.32. The fraction of sp³-hybridized carbons (Fsp3) is 0.364. The molecule has 4 nitrogen and oxygen atoms in total. The average Bonchev–Trinajstić information content (AvgIpc) is 2.36. The van der Waals surface area contributed by atoms with Crippen molar-refractivity contribution in [2.75, 3.05) is 7.11 Å². The summed E-state index contributed by atoms with van der Waals surface area (Å²) in [6.07, 6.45) is -8.58. The monoisotopic (exact) mass is 281 g/mol. The minimum Gasteiger partial charge on any atom is -0.468 e. The predicted octanol–water partition coefficient (Wildman–Crippen LogP) is 2.10. The minimum atomic E-state index is -4.62. The maximum absolute atomic E-state index is 12.7. The zero-order chi connectivity index (χ0) is 14.6. The van der Waals surface area contributed by atoms with E-state index in [2.05, 4.69) is 9.47 Å². The molecule has 0 fully saturated rings. The van der Waals surface area contributed by atoms with Crippen LogP contribution in [0.4, 0.5) is 17.6 Å². The summed E-state index contributed by atoms with van der Waals surface area (Å²) in [7, 11) is 1.10. The van der Waals surface area contributed by atoms with Crippen molar-refractivity contribution in [3.8, 4) is 5.75 Å². The standard InChI is InChI=1S/C11H11F4NO3/c1-18-9(17)8(16)6-3-2-4-7(5-6)19-11(14,15)10(12)13/h2-5,8,10H,16H2,1H3/t8-/m1/s1. The third-order valence-corrected chi connectivity index (χ3v) is 2.18. The molecule has 1 aromatic carbocycles. The van der Waals surface area contributed by atoms with Crippen LogP contribution in [0.1, 0.15) is 11.6 Å². The van der Waals surface area contributed by atoms with Gasteiger partial charge in [-0.05, 0) is 17.7 Å². The smallest absolute Gasteiger partial charge is 0.461 e. The molecular formula is C11H11F4NO3. The second-order valence-corrected chi connectivity index (χ2v) is 3.54. The van der Waals surface area contributed by atoms with Crippen molar-refractivity contribution in [1.29, 1.82) is 0 Å². The molecule has 0 amide bonds. The van der Waals surface area contributed by atoms with Crippen LogP contribution in [-0.2, 0) is 9.53 Å². The van der Waals surface area contributed by atoms with Gasteiger partial charge in [-0.25, -0.2) is 0 Å². The second-order valence-electron chi connectivity index (χ2n) is 3.54. The van der Waals surface area contributed by atoms with E-state index in [1.807, 2.05) is 0 Å². The number of benzene rings is 1. The van der Waals surface area contributed by atoms with Gasteiger partial charge < -0.3 is 15.2 Å². The zero-order valence-electron chi connectivity index (χ0n) is 9.78. The van der Waals surface area contributed by atoms with E-state index in [0.717, 1.165) is 19.2 Å². The summed E-state index contributed by atoms with van der Waals surface area (Å²) in [5.41, 5.74) is 5.58. The number of rotatable bonds is 5. The first kappa shape index (κ1) is 15.2. The number of alkyl halides is 4. The van der Waals surface area contributed by atoms with Gasteiger partial charge in [0, 0.05) is 0 Å². The van der Waals surface area contributed by atoms with E-state index in [1.165, 1.54) is 12.1 Å². The highest BCUT2D eigenvalue weighted by Gasteiger charge is 2.44. The molecule has 0 saturated heterocycles. The first-order valence-electron chi connectivity index (χ1n) is 5.06. The van der Waals surface area contributed by atoms with Crippen molar-refractivity contribution in [1.82, 2.24) is 0 Å². The number of methoxy groups -OCH3 is 1. The highest BCUT2D eigenvalue weighted by molar-refractivity contribution is 5.77. The number of carbonyl (C=O) groups is 1. The van der Waals surface area contributed by atoms with E-state index in [-0.39, 0.29) is 5.56 Å². The molecule has 0 heterocycles. The highest BCUT2D eigenvalue weighted by atomic mass is 19.3. The number of hydrogen-bond acceptors (Lipinski definition) is 4. The van der Waals surface area contributed by atoms with Crippen molar-refractivity contribution in [3.63, 3.8) is 0 Å². The fourth-order valence-electron chi connectivity index (χ4n) is 1.24. The summed E-state index contributed by atoms with van der Waals surface area (Å²) in [6, 6.07) is 3.40. The maximum Gasteiger partial charge on any atom is 0.461 e. The van der Waals surface area contributed by atoms with Gasteiger partial charge in [0.25, 0.3) is 0 Å². The van der Waals surface area contributed by atoms with Gasteiger partial charge in [-0.2, -0.15) is 17.6 Å². The van der Waals surface area contributed by atoms with E-state index >= 15 is 0 Å². The van der Waals surface area contributed by atoms with Crippen molar-refractivity contribution in [3.05, 3.63) is 29.8 Å². The first-order valence-corrected chi connectivity index (χ1v) is 5.06. The topological polar surface area (TPSA) is 61.5 Å². The van der Waals surface area contributed by atoms with Gasteiger partial charge in [0.2, 0.25) is 0 Å². The van der Waals surface area contributed by atoms with Crippen LogP contribution >= 0.6 is 0 Å². The molecule has 106 valence electrons. The molecule has 0 aromatic heterocycles. The summed E-state index contributed by atoms with van der Waals surface area (Å²) in [6.45, 7) is 0. The fourth-order valence-corrected chi connectivity index (χ4v) is 1.24. The SMILES string of the molecule is COC(=O)[C@H](N)c1cccc(OC(F)(F)C(F)F)c1. The zero-order valence-corrected chi connectivity index (χ0v) is 9.78. The molecule has 0 radical (unpaired) electrons. The number of hydrogen-bond donors (Lipinski definition) is 1. The van der Waals surface area contributed by atoms with E-state index < -0.39 is 30.3 Å². The minimum absolute atomic E-state index is 0.106. The summed E-state index contributed by atoms with van der Waals surface area (Å²) in [4.78, 5) is 11.2. The van der Waals surface area contributed by atoms with Gasteiger partial charge in [0.1, 0.15) is 11.8 Å². The Kier molecular flexibility index (Phi) is 4.71. The summed E-state index contributed by atoms with van der Waals surface area (Å²) < 4.78 is 57.6. The molecule has 0 saturated carbocycles. The molecule has 0 bridgehead atoms. The highest BCUT2D eigenvalue weighted by Crippen LogP contribution is 2.28. The summed E-state index contributed by atoms with van der Waals surface area (Å²) >= 11 is 0. The Labute approximate surface area is 106 Å². The van der Waals surface area contributed by atoms with Crippen molar-refractivity contribution in [2.45, 2.75) is 18.6 Å². The van der Waals surface area contributed by atoms with Gasteiger partial charge in [0.05, 0.1) is 7.11 Å². The van der Waals surface area contributed by atoms with E-state index in [9.17, 15) is 22.4 Å². The van der Waals surface area contributed by atoms with Crippen molar-refractivity contribution in [2.24, 2.45) is 5.73 Å². The van der Waals surface area contributed by atoms with Crippen molar-refractivity contribution >= 4 is 5.97 Å². The Bertz CT molecular complexity index is 453. The molecule has 1 rings (SSSR count). The predicted molar refractivity (Wildman–Crippen MR) is 57.0 cm³/mol. The van der Waals surface area contributed by atoms with E-state index in [0.29, 0.717) is 0 Å². The normalized spacial score (nSPS) is 13.2. The average molecular weight is 281 g/mol. The Morgan fingerprint density at radius 3 is 2.53 bits per heavy atom. The Morgan fingerprint density at radius 2 is 2.00 bits per heavy atom. The summed E-state index contributed by atoms with van der Waals surface area (Å²) in [5, 5.41) is 0.